The zero-order chi connectivity index (χ0) is 17.6. The minimum Gasteiger partial charge on any atom is -0.481 e. The fraction of sp³-hybridized carbons (Fsp3) is 0.353. The number of aryl methyl sites for hydroxylation is 1. The second-order valence-electron chi connectivity index (χ2n) is 6.66. The Kier molecular flexibility index (Phi) is 3.66. The second-order valence-corrected chi connectivity index (χ2v) is 6.66. The highest BCUT2D eigenvalue weighted by Crippen LogP contribution is 2.58. The molecule has 0 spiro atoms. The van der Waals surface area contributed by atoms with Crippen LogP contribution in [0.3, 0.4) is 0 Å². The van der Waals surface area contributed by atoms with Crippen LogP contribution in [0.25, 0.3) is 5.69 Å². The summed E-state index contributed by atoms with van der Waals surface area (Å²) in [4.78, 5) is 23.7. The van der Waals surface area contributed by atoms with Gasteiger partial charge in [0.1, 0.15) is 11.6 Å². The summed E-state index contributed by atoms with van der Waals surface area (Å²) in [7, 11) is 0. The van der Waals surface area contributed by atoms with Gasteiger partial charge >= 0.3 is 5.97 Å². The van der Waals surface area contributed by atoms with E-state index in [2.05, 4.69) is 10.4 Å². The van der Waals surface area contributed by atoms with Gasteiger partial charge in [-0.2, -0.15) is 5.10 Å². The molecule has 1 aliphatic carbocycles. The summed E-state index contributed by atoms with van der Waals surface area (Å²) in [6.45, 7) is 5.30. The van der Waals surface area contributed by atoms with Gasteiger partial charge in [-0.05, 0) is 36.6 Å². The average molecular weight is 331 g/mol. The third-order valence-corrected chi connectivity index (χ3v) is 4.53. The van der Waals surface area contributed by atoms with Crippen molar-refractivity contribution in [3.8, 4) is 5.69 Å². The monoisotopic (exact) mass is 331 g/mol. The molecule has 0 radical (unpaired) electrons. The van der Waals surface area contributed by atoms with E-state index >= 15 is 0 Å². The number of nitrogens with one attached hydrogen (secondary N) is 1. The number of aromatic nitrogens is 2. The molecule has 2 aromatic rings. The van der Waals surface area contributed by atoms with E-state index < -0.39 is 23.2 Å². The molecule has 2 atom stereocenters. The van der Waals surface area contributed by atoms with Crippen LogP contribution in [-0.2, 0) is 9.59 Å². The maximum atomic E-state index is 13.1. The zero-order valence-corrected chi connectivity index (χ0v) is 13.6. The van der Waals surface area contributed by atoms with Crippen LogP contribution in [0.5, 0.6) is 0 Å². The summed E-state index contributed by atoms with van der Waals surface area (Å²) >= 11 is 0. The molecule has 2 N–H and O–H groups in total. The number of anilines is 1. The normalized spacial score (nSPS) is 21.3. The van der Waals surface area contributed by atoms with Crippen LogP contribution in [0, 0.1) is 30.0 Å². The maximum absolute atomic E-state index is 13.1. The fourth-order valence-corrected chi connectivity index (χ4v) is 3.16. The Labute approximate surface area is 138 Å². The molecular formula is C17H18FN3O3. The first-order valence-electron chi connectivity index (χ1n) is 7.58. The molecule has 2 unspecified atom stereocenters. The Morgan fingerprint density at radius 1 is 1.25 bits per heavy atom. The first kappa shape index (κ1) is 16.2. The lowest BCUT2D eigenvalue weighted by Crippen LogP contribution is -2.19. The van der Waals surface area contributed by atoms with Crippen molar-refractivity contribution < 1.29 is 19.1 Å². The van der Waals surface area contributed by atoms with Gasteiger partial charge in [-0.15, -0.1) is 0 Å². The van der Waals surface area contributed by atoms with Gasteiger partial charge < -0.3 is 10.4 Å². The highest BCUT2D eigenvalue weighted by atomic mass is 19.1. The maximum Gasteiger partial charge on any atom is 0.307 e. The number of carboxylic acids is 1. The number of carboxylic acid groups (broad SMARTS) is 1. The molecule has 1 fully saturated rings. The van der Waals surface area contributed by atoms with E-state index in [1.54, 1.807) is 39.0 Å². The largest absolute Gasteiger partial charge is 0.481 e. The molecule has 1 aliphatic rings. The van der Waals surface area contributed by atoms with Gasteiger partial charge in [-0.1, -0.05) is 13.8 Å². The van der Waals surface area contributed by atoms with E-state index in [0.717, 1.165) is 0 Å². The Bertz CT molecular complexity index is 811. The highest BCUT2D eigenvalue weighted by molar-refractivity contribution is 5.99. The second kappa shape index (κ2) is 5.43. The van der Waals surface area contributed by atoms with Crippen molar-refractivity contribution in [2.75, 3.05) is 5.32 Å². The molecule has 1 amide bonds. The molecule has 7 heteroatoms. The number of carbonyl (C=O) groups excluding carboxylic acids is 1. The Morgan fingerprint density at radius 2 is 1.88 bits per heavy atom. The lowest BCUT2D eigenvalue weighted by molar-refractivity contribution is -0.140. The Hall–Kier alpha value is -2.70. The van der Waals surface area contributed by atoms with Gasteiger partial charge in [-0.3, -0.25) is 9.59 Å². The molecule has 0 bridgehead atoms. The molecule has 1 heterocycles. The number of nitrogens with zero attached hydrogens (tertiary/aromatic N) is 2. The number of carbonyl (C=O) groups is 2. The van der Waals surface area contributed by atoms with E-state index in [9.17, 15) is 19.1 Å². The summed E-state index contributed by atoms with van der Waals surface area (Å²) in [6, 6.07) is 7.41. The minimum atomic E-state index is -0.969. The third kappa shape index (κ3) is 2.66. The smallest absolute Gasteiger partial charge is 0.307 e. The first-order chi connectivity index (χ1) is 11.2. The quantitative estimate of drug-likeness (QED) is 0.902. The van der Waals surface area contributed by atoms with Crippen LogP contribution >= 0.6 is 0 Å². The molecule has 6 nitrogen and oxygen atoms in total. The van der Waals surface area contributed by atoms with Crippen molar-refractivity contribution in [1.82, 2.24) is 9.78 Å². The number of amides is 1. The van der Waals surface area contributed by atoms with Gasteiger partial charge in [0, 0.05) is 6.07 Å². The minimum absolute atomic E-state index is 0.351. The predicted octanol–water partition coefficient (Wildman–Crippen LogP) is 2.62. The number of rotatable bonds is 4. The Balaban J connectivity index is 1.85. The number of hydrogen-bond acceptors (Lipinski definition) is 3. The van der Waals surface area contributed by atoms with Gasteiger partial charge in [0.15, 0.2) is 0 Å². The molecule has 3 rings (SSSR count). The Morgan fingerprint density at radius 3 is 2.42 bits per heavy atom. The molecule has 126 valence electrons. The van der Waals surface area contributed by atoms with Crippen LogP contribution in [0.15, 0.2) is 30.3 Å². The lowest BCUT2D eigenvalue weighted by Gasteiger charge is -2.09. The molecule has 1 aromatic carbocycles. The SMILES string of the molecule is Cc1cc(NC(=O)C2C(C(=O)O)C2(C)C)n(-c2ccc(F)cc2)n1. The number of halogens is 1. The first-order valence-corrected chi connectivity index (χ1v) is 7.58. The van der Waals surface area contributed by atoms with Crippen LogP contribution in [0.4, 0.5) is 10.2 Å². The average Bonchev–Trinajstić information content (AvgIpc) is 2.90. The summed E-state index contributed by atoms with van der Waals surface area (Å²) in [6.07, 6.45) is 0. The molecule has 1 saturated carbocycles. The highest BCUT2D eigenvalue weighted by Gasteiger charge is 2.66. The number of aliphatic carboxylic acids is 1. The molecule has 0 aliphatic heterocycles. The summed E-state index contributed by atoms with van der Waals surface area (Å²) in [5.74, 6) is -2.54. The van der Waals surface area contributed by atoms with Crippen LogP contribution in [-0.4, -0.2) is 26.8 Å². The van der Waals surface area contributed by atoms with E-state index in [-0.39, 0.29) is 11.7 Å². The standard InChI is InChI=1S/C17H18FN3O3/c1-9-8-12(21(20-9)11-6-4-10(18)5-7-11)19-15(22)13-14(16(23)24)17(13,2)3/h4-8,13-14H,1-3H3,(H,19,22)(H,23,24). The van der Waals surface area contributed by atoms with E-state index in [0.29, 0.717) is 17.2 Å². The predicted molar refractivity (Wildman–Crippen MR) is 85.3 cm³/mol. The van der Waals surface area contributed by atoms with Crippen LogP contribution in [0.1, 0.15) is 19.5 Å². The fourth-order valence-electron chi connectivity index (χ4n) is 3.16. The van der Waals surface area contributed by atoms with Crippen LogP contribution in [0.2, 0.25) is 0 Å². The van der Waals surface area contributed by atoms with Crippen molar-refractivity contribution in [1.29, 1.82) is 0 Å². The van der Waals surface area contributed by atoms with Crippen molar-refractivity contribution in [3.63, 3.8) is 0 Å². The number of benzene rings is 1. The molecular weight excluding hydrogens is 313 g/mol. The summed E-state index contributed by atoms with van der Waals surface area (Å²) < 4.78 is 14.6. The third-order valence-electron chi connectivity index (χ3n) is 4.53. The van der Waals surface area contributed by atoms with Crippen molar-refractivity contribution in [2.45, 2.75) is 20.8 Å². The van der Waals surface area contributed by atoms with Gasteiger partial charge in [0.05, 0.1) is 23.2 Å². The lowest BCUT2D eigenvalue weighted by atomic mass is 10.1. The van der Waals surface area contributed by atoms with E-state index in [1.807, 2.05) is 0 Å². The van der Waals surface area contributed by atoms with E-state index in [4.69, 9.17) is 0 Å². The summed E-state index contributed by atoms with van der Waals surface area (Å²) in [5, 5.41) is 16.3. The molecule has 24 heavy (non-hydrogen) atoms. The van der Waals surface area contributed by atoms with E-state index in [1.165, 1.54) is 16.8 Å². The van der Waals surface area contributed by atoms with Crippen molar-refractivity contribution in [2.24, 2.45) is 17.3 Å². The van der Waals surface area contributed by atoms with Gasteiger partial charge in [-0.25, -0.2) is 9.07 Å². The van der Waals surface area contributed by atoms with Crippen molar-refractivity contribution >= 4 is 17.7 Å². The van der Waals surface area contributed by atoms with Crippen LogP contribution < -0.4 is 5.32 Å². The van der Waals surface area contributed by atoms with Crippen molar-refractivity contribution in [3.05, 3.63) is 41.8 Å². The molecule has 1 aromatic heterocycles. The van der Waals surface area contributed by atoms with Gasteiger partial charge in [0.2, 0.25) is 5.91 Å². The molecule has 0 saturated heterocycles. The van der Waals surface area contributed by atoms with Gasteiger partial charge in [0.25, 0.3) is 0 Å². The number of hydrogen-bond donors (Lipinski definition) is 2. The zero-order valence-electron chi connectivity index (χ0n) is 13.6. The topological polar surface area (TPSA) is 84.2 Å². The summed E-state index contributed by atoms with van der Waals surface area (Å²) in [5.41, 5.74) is 0.704.